The van der Waals surface area contributed by atoms with Crippen molar-refractivity contribution in [2.24, 2.45) is 0 Å². The van der Waals surface area contributed by atoms with Crippen molar-refractivity contribution in [3.8, 4) is 0 Å². The Hall–Kier alpha value is -1.42. The molecule has 32 heavy (non-hydrogen) atoms. The number of benzene rings is 2. The molecule has 2 aromatic carbocycles. The summed E-state index contributed by atoms with van der Waals surface area (Å²) in [6.07, 6.45) is 0. The summed E-state index contributed by atoms with van der Waals surface area (Å²) in [4.78, 5) is 21.4. The Morgan fingerprint density at radius 2 is 1.69 bits per heavy atom. The number of thiazole rings is 1. The zero-order valence-electron chi connectivity index (χ0n) is 17.6. The van der Waals surface area contributed by atoms with Crippen LogP contribution < -0.4 is 4.90 Å². The normalized spacial score (nSPS) is 11.5. The van der Waals surface area contributed by atoms with Gasteiger partial charge in [-0.1, -0.05) is 54.5 Å². The van der Waals surface area contributed by atoms with Crippen LogP contribution in [0.15, 0.2) is 47.4 Å². The second-order valence-corrected chi connectivity index (χ2v) is 10.7. The monoisotopic (exact) mass is 535 g/mol. The van der Waals surface area contributed by atoms with Crippen LogP contribution in [-0.2, 0) is 14.6 Å². The molecule has 1 aromatic heterocycles. The Balaban J connectivity index is 0.00000363. The first-order chi connectivity index (χ1) is 14.7. The van der Waals surface area contributed by atoms with Crippen LogP contribution in [0.25, 0.3) is 10.2 Å². The second-order valence-electron chi connectivity index (χ2n) is 6.87. The first-order valence-corrected chi connectivity index (χ1v) is 13.0. The Morgan fingerprint density at radius 1 is 1.03 bits per heavy atom. The summed E-state index contributed by atoms with van der Waals surface area (Å²) in [6, 6.07) is 11.2. The van der Waals surface area contributed by atoms with Crippen molar-refractivity contribution in [1.82, 2.24) is 9.88 Å². The maximum Gasteiger partial charge on any atom is 0.244 e. The number of nitrogens with zero attached hydrogens (tertiary/aromatic N) is 3. The summed E-state index contributed by atoms with van der Waals surface area (Å²) in [5, 5.41) is 1.36. The highest BCUT2D eigenvalue weighted by molar-refractivity contribution is 7.92. The largest absolute Gasteiger partial charge is 0.302 e. The number of halogens is 3. The molecule has 0 saturated heterocycles. The molecule has 11 heteroatoms. The van der Waals surface area contributed by atoms with Crippen molar-refractivity contribution >= 4 is 78.0 Å². The third-order valence-electron chi connectivity index (χ3n) is 4.91. The van der Waals surface area contributed by atoms with Gasteiger partial charge < -0.3 is 4.90 Å². The fourth-order valence-electron chi connectivity index (χ4n) is 3.09. The van der Waals surface area contributed by atoms with Crippen molar-refractivity contribution in [2.45, 2.75) is 18.7 Å². The van der Waals surface area contributed by atoms with Crippen LogP contribution in [0.5, 0.6) is 0 Å². The molecule has 0 bridgehead atoms. The van der Waals surface area contributed by atoms with E-state index in [-0.39, 0.29) is 17.3 Å². The van der Waals surface area contributed by atoms with E-state index in [4.69, 9.17) is 23.2 Å². The number of amides is 1. The summed E-state index contributed by atoms with van der Waals surface area (Å²) in [5.41, 5.74) is 0.602. The molecule has 174 valence electrons. The summed E-state index contributed by atoms with van der Waals surface area (Å²) >= 11 is 13.4. The fourth-order valence-corrected chi connectivity index (χ4v) is 5.73. The highest BCUT2D eigenvalue weighted by Gasteiger charge is 2.27. The number of rotatable bonds is 9. The van der Waals surface area contributed by atoms with E-state index in [9.17, 15) is 13.2 Å². The molecule has 0 atom stereocenters. The molecular weight excluding hydrogens is 513 g/mol. The quantitative estimate of drug-likeness (QED) is 0.377. The van der Waals surface area contributed by atoms with Crippen molar-refractivity contribution in [3.05, 3.63) is 52.5 Å². The number of carbonyl (C=O) groups excluding carboxylic acids is 1. The molecule has 0 N–H and O–H groups in total. The van der Waals surface area contributed by atoms with Crippen LogP contribution in [0.1, 0.15) is 13.8 Å². The molecular formula is C21H24Cl3N3O3S2. The lowest BCUT2D eigenvalue weighted by molar-refractivity contribution is -0.116. The van der Waals surface area contributed by atoms with Gasteiger partial charge in [-0.25, -0.2) is 13.4 Å². The highest BCUT2D eigenvalue weighted by Crippen LogP contribution is 2.33. The second kappa shape index (κ2) is 11.6. The van der Waals surface area contributed by atoms with E-state index in [1.807, 2.05) is 26.0 Å². The van der Waals surface area contributed by atoms with E-state index >= 15 is 0 Å². The lowest BCUT2D eigenvalue weighted by Crippen LogP contribution is -2.41. The first-order valence-electron chi connectivity index (χ1n) is 9.81. The number of sulfone groups is 1. The Bertz CT molecular complexity index is 1160. The number of anilines is 1. The lowest BCUT2D eigenvalue weighted by atomic mass is 10.3. The van der Waals surface area contributed by atoms with Gasteiger partial charge in [0.2, 0.25) is 5.91 Å². The van der Waals surface area contributed by atoms with E-state index in [0.29, 0.717) is 33.8 Å². The van der Waals surface area contributed by atoms with E-state index in [2.05, 4.69) is 9.88 Å². The van der Waals surface area contributed by atoms with Gasteiger partial charge in [0.15, 0.2) is 15.0 Å². The van der Waals surface area contributed by atoms with Gasteiger partial charge in [0, 0.05) is 18.1 Å². The van der Waals surface area contributed by atoms with Crippen LogP contribution in [-0.4, -0.2) is 56.1 Å². The summed E-state index contributed by atoms with van der Waals surface area (Å²) in [6.45, 7) is 6.66. The maximum absolute atomic E-state index is 13.2. The topological polar surface area (TPSA) is 70.6 Å². The number of hydrogen-bond donors (Lipinski definition) is 0. The molecule has 0 aliphatic rings. The summed E-state index contributed by atoms with van der Waals surface area (Å²) in [7, 11) is -3.83. The zero-order valence-corrected chi connectivity index (χ0v) is 21.6. The molecule has 1 amide bonds. The number of hydrogen-bond acceptors (Lipinski definition) is 6. The van der Waals surface area contributed by atoms with Gasteiger partial charge in [-0.05, 0) is 49.5 Å². The van der Waals surface area contributed by atoms with Gasteiger partial charge in [-0.3, -0.25) is 9.69 Å². The van der Waals surface area contributed by atoms with Gasteiger partial charge in [0.1, 0.15) is 11.3 Å². The molecule has 0 fully saturated rings. The summed E-state index contributed by atoms with van der Waals surface area (Å²) < 4.78 is 26.5. The average Bonchev–Trinajstić information content (AvgIpc) is 3.16. The molecule has 0 unspecified atom stereocenters. The molecule has 0 saturated carbocycles. The molecule has 0 radical (unpaired) electrons. The van der Waals surface area contributed by atoms with Crippen molar-refractivity contribution in [1.29, 1.82) is 0 Å². The van der Waals surface area contributed by atoms with Crippen LogP contribution in [0, 0.1) is 0 Å². The summed E-state index contributed by atoms with van der Waals surface area (Å²) in [5.74, 6) is -1.19. The van der Waals surface area contributed by atoms with Gasteiger partial charge in [0.25, 0.3) is 0 Å². The molecule has 3 aromatic rings. The first kappa shape index (κ1) is 26.8. The molecule has 1 heterocycles. The minimum atomic E-state index is -3.83. The van der Waals surface area contributed by atoms with Gasteiger partial charge in [-0.15, -0.1) is 12.4 Å². The van der Waals surface area contributed by atoms with Crippen LogP contribution in [0.2, 0.25) is 10.0 Å². The molecule has 6 nitrogen and oxygen atoms in total. The SMILES string of the molecule is CCN(CC)CCN(C(=O)CS(=O)(=O)c1ccc(Cl)cc1)c1nc2c(Cl)cccc2s1.Cl. The number of para-hydroxylation sites is 1. The Labute approximate surface area is 208 Å². The number of aromatic nitrogens is 1. The van der Waals surface area contributed by atoms with E-state index < -0.39 is 21.5 Å². The Kier molecular flexibility index (Phi) is 9.75. The fraction of sp³-hybridized carbons (Fsp3) is 0.333. The predicted octanol–water partition coefficient (Wildman–Crippen LogP) is 5.17. The van der Waals surface area contributed by atoms with Gasteiger partial charge in [0.05, 0.1) is 14.6 Å². The van der Waals surface area contributed by atoms with E-state index in [1.165, 1.54) is 40.5 Å². The minimum Gasteiger partial charge on any atom is -0.302 e. The average molecular weight is 537 g/mol. The maximum atomic E-state index is 13.2. The van der Waals surface area contributed by atoms with Crippen molar-refractivity contribution in [3.63, 3.8) is 0 Å². The standard InChI is InChI=1S/C21H23Cl2N3O3S2.ClH/c1-3-25(4-2)12-13-26(21-24-20-17(23)6-5-7-18(20)30-21)19(27)14-31(28,29)16-10-8-15(22)9-11-16;/h5-11H,3-4,12-14H2,1-2H3;1H. The van der Waals surface area contributed by atoms with Gasteiger partial charge >= 0.3 is 0 Å². The molecule has 0 spiro atoms. The van der Waals surface area contributed by atoms with Crippen LogP contribution >= 0.6 is 46.9 Å². The lowest BCUT2D eigenvalue weighted by Gasteiger charge is -2.24. The highest BCUT2D eigenvalue weighted by atomic mass is 35.5. The predicted molar refractivity (Wildman–Crippen MR) is 136 cm³/mol. The molecule has 0 aliphatic carbocycles. The van der Waals surface area contributed by atoms with Crippen molar-refractivity contribution < 1.29 is 13.2 Å². The number of fused-ring (bicyclic) bond motifs is 1. The Morgan fingerprint density at radius 3 is 2.28 bits per heavy atom. The minimum absolute atomic E-state index is 0. The van der Waals surface area contributed by atoms with E-state index in [1.54, 1.807) is 6.07 Å². The third kappa shape index (κ3) is 6.34. The third-order valence-corrected chi connectivity index (χ3v) is 8.13. The van der Waals surface area contributed by atoms with Crippen LogP contribution in [0.3, 0.4) is 0 Å². The molecule has 3 rings (SSSR count). The number of likely N-dealkylation sites (N-methyl/N-ethyl adjacent to an activating group) is 1. The smallest absolute Gasteiger partial charge is 0.244 e. The zero-order chi connectivity index (χ0) is 22.6. The van der Waals surface area contributed by atoms with E-state index in [0.717, 1.165) is 17.8 Å². The molecule has 0 aliphatic heterocycles. The van der Waals surface area contributed by atoms with Crippen molar-refractivity contribution in [2.75, 3.05) is 36.8 Å². The van der Waals surface area contributed by atoms with Gasteiger partial charge in [-0.2, -0.15) is 0 Å². The number of carbonyl (C=O) groups is 1. The van der Waals surface area contributed by atoms with Crippen LogP contribution in [0.4, 0.5) is 5.13 Å².